The molecule has 3 aromatic rings. The first kappa shape index (κ1) is 19.9. The number of ether oxygens (including phenoxy) is 2. The van der Waals surface area contributed by atoms with E-state index in [0.29, 0.717) is 16.3 Å². The zero-order chi connectivity index (χ0) is 21.0. The van der Waals surface area contributed by atoms with Crippen molar-refractivity contribution in [2.24, 2.45) is 0 Å². The molecule has 0 radical (unpaired) electrons. The van der Waals surface area contributed by atoms with Gasteiger partial charge >= 0.3 is 5.69 Å². The van der Waals surface area contributed by atoms with Gasteiger partial charge in [-0.25, -0.2) is 4.98 Å². The number of methoxy groups -OCH3 is 2. The van der Waals surface area contributed by atoms with Crippen molar-refractivity contribution in [1.29, 1.82) is 5.26 Å². The fourth-order valence-corrected chi connectivity index (χ4v) is 3.39. The van der Waals surface area contributed by atoms with Gasteiger partial charge in [-0.05, 0) is 42.0 Å². The Balaban J connectivity index is 1.99. The number of aromatic nitrogens is 1. The molecule has 0 unspecified atom stereocenters. The number of phenolic OH excluding ortho intramolecular Hbond substituents is 1. The quantitative estimate of drug-likeness (QED) is 0.361. The van der Waals surface area contributed by atoms with E-state index >= 15 is 0 Å². The number of phenols is 1. The highest BCUT2D eigenvalue weighted by molar-refractivity contribution is 7.11. The number of nitrogens with zero attached hydrogens (tertiary/aromatic N) is 3. The fourth-order valence-electron chi connectivity index (χ4n) is 2.59. The van der Waals surface area contributed by atoms with Crippen LogP contribution in [0, 0.1) is 21.4 Å². The number of aromatic hydroxyl groups is 1. The van der Waals surface area contributed by atoms with Crippen LogP contribution in [0.4, 0.5) is 5.69 Å². The van der Waals surface area contributed by atoms with Gasteiger partial charge in [0.2, 0.25) is 5.75 Å². The number of nitriles is 1. The van der Waals surface area contributed by atoms with E-state index < -0.39 is 16.4 Å². The van der Waals surface area contributed by atoms with Gasteiger partial charge in [0.05, 0.1) is 30.4 Å². The second-order valence-electron chi connectivity index (χ2n) is 5.78. The van der Waals surface area contributed by atoms with Crippen LogP contribution in [0.3, 0.4) is 0 Å². The highest BCUT2D eigenvalue weighted by Crippen LogP contribution is 2.38. The minimum Gasteiger partial charge on any atom is -0.500 e. The van der Waals surface area contributed by atoms with E-state index in [-0.39, 0.29) is 11.3 Å². The van der Waals surface area contributed by atoms with Crippen molar-refractivity contribution >= 4 is 28.7 Å². The molecule has 2 aromatic carbocycles. The molecule has 0 spiro atoms. The maximum atomic E-state index is 11.2. The molecule has 0 saturated heterocycles. The molecule has 0 aliphatic rings. The molecule has 1 aromatic heterocycles. The Labute approximate surface area is 170 Å². The summed E-state index contributed by atoms with van der Waals surface area (Å²) in [6.07, 6.45) is 1.46. The SMILES string of the molecule is COc1ccc(-c2csc(/C(C#N)=C/c3cc(OC)c(O)c([N+](=O)[O-])c3)n2)cc1. The average Bonchev–Trinajstić information content (AvgIpc) is 3.22. The molecule has 0 atom stereocenters. The first-order chi connectivity index (χ1) is 14.0. The van der Waals surface area contributed by atoms with Crippen molar-refractivity contribution in [3.8, 4) is 34.6 Å². The van der Waals surface area contributed by atoms with Gasteiger partial charge in [0.1, 0.15) is 16.8 Å². The van der Waals surface area contributed by atoms with Crippen molar-refractivity contribution in [2.45, 2.75) is 0 Å². The molecule has 29 heavy (non-hydrogen) atoms. The summed E-state index contributed by atoms with van der Waals surface area (Å²) < 4.78 is 10.1. The number of thiazole rings is 1. The third kappa shape index (κ3) is 4.17. The third-order valence-electron chi connectivity index (χ3n) is 4.05. The average molecular weight is 409 g/mol. The zero-order valence-corrected chi connectivity index (χ0v) is 16.3. The number of benzene rings is 2. The summed E-state index contributed by atoms with van der Waals surface area (Å²) in [7, 11) is 2.88. The van der Waals surface area contributed by atoms with E-state index in [1.54, 1.807) is 7.11 Å². The van der Waals surface area contributed by atoms with Crippen LogP contribution < -0.4 is 9.47 Å². The van der Waals surface area contributed by atoms with Crippen molar-refractivity contribution < 1.29 is 19.5 Å². The van der Waals surface area contributed by atoms with Crippen LogP contribution in [0.2, 0.25) is 0 Å². The zero-order valence-electron chi connectivity index (χ0n) is 15.4. The number of nitro groups is 1. The largest absolute Gasteiger partial charge is 0.500 e. The maximum absolute atomic E-state index is 11.2. The van der Waals surface area contributed by atoms with Gasteiger partial charge < -0.3 is 14.6 Å². The molecule has 0 aliphatic carbocycles. The second-order valence-corrected chi connectivity index (χ2v) is 6.64. The Hall–Kier alpha value is -3.90. The predicted molar refractivity (Wildman–Crippen MR) is 109 cm³/mol. The van der Waals surface area contributed by atoms with Crippen molar-refractivity contribution in [3.05, 3.63) is 62.5 Å². The highest BCUT2D eigenvalue weighted by Gasteiger charge is 2.20. The molecule has 0 aliphatic heterocycles. The van der Waals surface area contributed by atoms with E-state index in [1.165, 1.54) is 36.7 Å². The Bertz CT molecular complexity index is 1130. The van der Waals surface area contributed by atoms with Gasteiger partial charge in [-0.3, -0.25) is 10.1 Å². The minimum atomic E-state index is -0.716. The Morgan fingerprint density at radius 1 is 1.28 bits per heavy atom. The molecule has 9 heteroatoms. The molecule has 1 heterocycles. The topological polar surface area (TPSA) is 119 Å². The highest BCUT2D eigenvalue weighted by atomic mass is 32.1. The summed E-state index contributed by atoms with van der Waals surface area (Å²) >= 11 is 1.28. The van der Waals surface area contributed by atoms with Crippen LogP contribution in [0.1, 0.15) is 10.6 Å². The number of allylic oxidation sites excluding steroid dienone is 1. The lowest BCUT2D eigenvalue weighted by Gasteiger charge is -2.05. The Kier molecular flexibility index (Phi) is 5.76. The van der Waals surface area contributed by atoms with Gasteiger partial charge in [-0.2, -0.15) is 5.26 Å². The monoisotopic (exact) mass is 409 g/mol. The van der Waals surface area contributed by atoms with Crippen molar-refractivity contribution in [2.75, 3.05) is 14.2 Å². The molecule has 3 rings (SSSR count). The molecule has 1 N–H and O–H groups in total. The van der Waals surface area contributed by atoms with Crippen LogP contribution in [-0.2, 0) is 0 Å². The third-order valence-corrected chi connectivity index (χ3v) is 4.92. The fraction of sp³-hybridized carbons (Fsp3) is 0.100. The lowest BCUT2D eigenvalue weighted by atomic mass is 10.1. The summed E-state index contributed by atoms with van der Waals surface area (Å²) in [6.45, 7) is 0. The van der Waals surface area contributed by atoms with Crippen LogP contribution in [0.5, 0.6) is 17.2 Å². The van der Waals surface area contributed by atoms with Crippen molar-refractivity contribution in [3.63, 3.8) is 0 Å². The first-order valence-electron chi connectivity index (χ1n) is 8.24. The summed E-state index contributed by atoms with van der Waals surface area (Å²) in [5, 5.41) is 32.9. The lowest BCUT2D eigenvalue weighted by Crippen LogP contribution is -1.93. The summed E-state index contributed by atoms with van der Waals surface area (Å²) in [5.74, 6) is 0.106. The molecule has 0 saturated carbocycles. The van der Waals surface area contributed by atoms with Gasteiger partial charge in [0.25, 0.3) is 0 Å². The van der Waals surface area contributed by atoms with Gasteiger partial charge in [0, 0.05) is 17.0 Å². The van der Waals surface area contributed by atoms with E-state index in [1.807, 2.05) is 29.6 Å². The standard InChI is InChI=1S/C20H15N3O5S/c1-27-15-5-3-13(4-6-15)16-11-29-20(22-16)14(10-21)7-12-8-17(23(25)26)19(24)18(9-12)28-2/h3-9,11,24H,1-2H3/b14-7+. The molecule has 0 amide bonds. The molecule has 0 fully saturated rings. The van der Waals surface area contributed by atoms with E-state index in [4.69, 9.17) is 9.47 Å². The van der Waals surface area contributed by atoms with E-state index in [2.05, 4.69) is 11.1 Å². The predicted octanol–water partition coefficient (Wildman–Crippen LogP) is 4.51. The Morgan fingerprint density at radius 2 is 2.00 bits per heavy atom. The van der Waals surface area contributed by atoms with Gasteiger partial charge in [-0.1, -0.05) is 0 Å². The van der Waals surface area contributed by atoms with Gasteiger partial charge in [-0.15, -0.1) is 11.3 Å². The number of hydrogen-bond acceptors (Lipinski definition) is 8. The minimum absolute atomic E-state index is 0.0548. The van der Waals surface area contributed by atoms with Crippen LogP contribution >= 0.6 is 11.3 Å². The van der Waals surface area contributed by atoms with Crippen LogP contribution in [0.15, 0.2) is 41.8 Å². The number of hydrogen-bond donors (Lipinski definition) is 1. The van der Waals surface area contributed by atoms with Crippen LogP contribution in [-0.4, -0.2) is 29.2 Å². The molecular formula is C20H15N3O5S. The Morgan fingerprint density at radius 3 is 2.59 bits per heavy atom. The van der Waals surface area contributed by atoms with E-state index in [9.17, 15) is 20.5 Å². The summed E-state index contributed by atoms with van der Waals surface area (Å²) in [4.78, 5) is 14.9. The first-order valence-corrected chi connectivity index (χ1v) is 9.12. The van der Waals surface area contributed by atoms with Gasteiger partial charge in [0.15, 0.2) is 5.75 Å². The molecular weight excluding hydrogens is 394 g/mol. The normalized spacial score (nSPS) is 11.0. The number of nitro benzene ring substituents is 1. The van der Waals surface area contributed by atoms with Crippen LogP contribution in [0.25, 0.3) is 22.9 Å². The molecule has 8 nitrogen and oxygen atoms in total. The molecule has 146 valence electrons. The maximum Gasteiger partial charge on any atom is 0.315 e. The smallest absolute Gasteiger partial charge is 0.315 e. The number of rotatable bonds is 6. The lowest BCUT2D eigenvalue weighted by molar-refractivity contribution is -0.386. The van der Waals surface area contributed by atoms with Crippen molar-refractivity contribution in [1.82, 2.24) is 4.98 Å². The molecule has 0 bridgehead atoms. The van der Waals surface area contributed by atoms with E-state index in [0.717, 1.165) is 11.3 Å². The second kappa shape index (κ2) is 8.41. The summed E-state index contributed by atoms with van der Waals surface area (Å²) in [6, 6.07) is 12.0. The summed E-state index contributed by atoms with van der Waals surface area (Å²) in [5.41, 5.74) is 1.63.